The van der Waals surface area contributed by atoms with Crippen LogP contribution >= 0.6 is 0 Å². The van der Waals surface area contributed by atoms with Crippen molar-refractivity contribution in [2.24, 2.45) is 0 Å². The molecule has 0 saturated heterocycles. The van der Waals surface area contributed by atoms with Gasteiger partial charge >= 0.3 is 5.97 Å². The Morgan fingerprint density at radius 1 is 1.17 bits per heavy atom. The maximum absolute atomic E-state index is 12.5. The van der Waals surface area contributed by atoms with E-state index in [1.165, 1.54) is 0 Å². The van der Waals surface area contributed by atoms with Crippen LogP contribution in [0, 0.1) is 0 Å². The van der Waals surface area contributed by atoms with Crippen molar-refractivity contribution in [1.82, 2.24) is 0 Å². The molecule has 0 aliphatic carbocycles. The Kier molecular flexibility index (Phi) is 10.7. The van der Waals surface area contributed by atoms with Crippen LogP contribution in [-0.4, -0.2) is 32.6 Å². The largest absolute Gasteiger partial charge is 0.462 e. The molecule has 0 saturated carbocycles. The summed E-state index contributed by atoms with van der Waals surface area (Å²) in [5.74, 6) is -0.272. The summed E-state index contributed by atoms with van der Waals surface area (Å²) in [4.78, 5) is 12.5. The highest BCUT2D eigenvalue weighted by Crippen LogP contribution is 2.37. The van der Waals surface area contributed by atoms with Crippen LogP contribution < -0.4 is 0 Å². The molecule has 0 amide bonds. The average molecular weight is 433 g/mol. The van der Waals surface area contributed by atoms with Gasteiger partial charge in [0.15, 0.2) is 8.32 Å². The van der Waals surface area contributed by atoms with Gasteiger partial charge in [0, 0.05) is 6.42 Å². The third-order valence-corrected chi connectivity index (χ3v) is 10.1. The monoisotopic (exact) mass is 432 g/mol. The Labute approximate surface area is 184 Å². The summed E-state index contributed by atoms with van der Waals surface area (Å²) >= 11 is 0. The minimum Gasteiger partial charge on any atom is -0.462 e. The average Bonchev–Trinajstić information content (AvgIpc) is 2.65. The molecule has 1 rings (SSSR count). The minimum atomic E-state index is -1.99. The smallest absolute Gasteiger partial charge is 0.308 e. The fourth-order valence-corrected chi connectivity index (χ4v) is 4.08. The van der Waals surface area contributed by atoms with Crippen molar-refractivity contribution in [1.29, 1.82) is 0 Å². The molecule has 3 atom stereocenters. The van der Waals surface area contributed by atoms with Crippen LogP contribution in [0.25, 0.3) is 0 Å². The van der Waals surface area contributed by atoms with E-state index in [0.717, 1.165) is 5.56 Å². The minimum absolute atomic E-state index is 0.0517. The summed E-state index contributed by atoms with van der Waals surface area (Å²) in [6, 6.07) is 10.0. The first kappa shape index (κ1) is 26.3. The summed E-state index contributed by atoms with van der Waals surface area (Å²) in [6.07, 6.45) is 4.41. The molecule has 0 heterocycles. The summed E-state index contributed by atoms with van der Waals surface area (Å²) in [6.45, 7) is 20.9. The van der Waals surface area contributed by atoms with Crippen molar-refractivity contribution in [2.75, 3.05) is 0 Å². The predicted octanol–water partition coefficient (Wildman–Crippen LogP) is 6.44. The first-order valence-corrected chi connectivity index (χ1v) is 13.7. The molecule has 1 aromatic rings. The molecule has 30 heavy (non-hydrogen) atoms. The fourth-order valence-electron chi connectivity index (χ4n) is 2.79. The first-order chi connectivity index (χ1) is 14.0. The zero-order valence-electron chi connectivity index (χ0n) is 19.6. The summed E-state index contributed by atoms with van der Waals surface area (Å²) in [7, 11) is -1.99. The molecule has 0 radical (unpaired) electrons. The van der Waals surface area contributed by atoms with Crippen molar-refractivity contribution >= 4 is 14.3 Å². The van der Waals surface area contributed by atoms with Gasteiger partial charge in [-0.25, -0.2) is 0 Å². The molecule has 0 spiro atoms. The van der Waals surface area contributed by atoms with E-state index >= 15 is 0 Å². The van der Waals surface area contributed by atoms with Crippen LogP contribution in [0.5, 0.6) is 0 Å². The molecule has 0 fully saturated rings. The molecule has 1 aromatic carbocycles. The third-order valence-electron chi connectivity index (χ3n) is 5.57. The quantitative estimate of drug-likeness (QED) is 0.204. The van der Waals surface area contributed by atoms with E-state index in [1.807, 2.05) is 43.3 Å². The van der Waals surface area contributed by atoms with E-state index in [1.54, 1.807) is 6.08 Å². The fraction of sp³-hybridized carbons (Fsp3) is 0.560. The lowest BCUT2D eigenvalue weighted by Gasteiger charge is -2.38. The van der Waals surface area contributed by atoms with Crippen molar-refractivity contribution in [2.45, 2.75) is 90.0 Å². The zero-order valence-corrected chi connectivity index (χ0v) is 20.6. The predicted molar refractivity (Wildman–Crippen MR) is 127 cm³/mol. The Bertz CT molecular complexity index is 663. The van der Waals surface area contributed by atoms with Crippen molar-refractivity contribution in [3.8, 4) is 0 Å². The van der Waals surface area contributed by atoms with Crippen LogP contribution in [0.2, 0.25) is 18.1 Å². The second-order valence-electron chi connectivity index (χ2n) is 9.34. The van der Waals surface area contributed by atoms with Crippen LogP contribution in [-0.2, 0) is 25.3 Å². The molecular formula is C25H40O4Si. The maximum Gasteiger partial charge on any atom is 0.308 e. The number of ether oxygens (including phenoxy) is 2. The van der Waals surface area contributed by atoms with E-state index in [0.29, 0.717) is 19.4 Å². The van der Waals surface area contributed by atoms with Crippen LogP contribution in [0.4, 0.5) is 0 Å². The highest BCUT2D eigenvalue weighted by Gasteiger charge is 2.39. The molecule has 0 aliphatic rings. The van der Waals surface area contributed by atoms with Crippen LogP contribution in [0.15, 0.2) is 55.6 Å². The Hall–Kier alpha value is -1.69. The van der Waals surface area contributed by atoms with Gasteiger partial charge in [-0.1, -0.05) is 63.3 Å². The second-order valence-corrected chi connectivity index (χ2v) is 14.1. The molecule has 0 bridgehead atoms. The molecule has 1 unspecified atom stereocenters. The Morgan fingerprint density at radius 3 is 2.33 bits per heavy atom. The second kappa shape index (κ2) is 12.2. The zero-order chi connectivity index (χ0) is 22.8. The molecule has 4 nitrogen and oxygen atoms in total. The lowest BCUT2D eigenvalue weighted by atomic mass is 10.1. The lowest BCUT2D eigenvalue weighted by Crippen LogP contribution is -2.44. The molecule has 0 N–H and O–H groups in total. The van der Waals surface area contributed by atoms with Crippen molar-refractivity contribution in [3.05, 3.63) is 61.2 Å². The summed E-state index contributed by atoms with van der Waals surface area (Å²) in [5.41, 5.74) is 1.12. The molecule has 0 aliphatic heterocycles. The lowest BCUT2D eigenvalue weighted by molar-refractivity contribution is -0.151. The number of benzene rings is 1. The number of rotatable bonds is 13. The van der Waals surface area contributed by atoms with E-state index in [4.69, 9.17) is 13.9 Å². The third kappa shape index (κ3) is 9.41. The maximum atomic E-state index is 12.5. The molecule has 0 aromatic heterocycles. The topological polar surface area (TPSA) is 44.8 Å². The first-order valence-electron chi connectivity index (χ1n) is 10.7. The SMILES string of the molecule is C=CC[C@H](C[C@@H](C)OC(=O)CC(C=C)O[Si](C)(C)C(C)(C)C)OCc1ccccc1. The number of esters is 1. The summed E-state index contributed by atoms with van der Waals surface area (Å²) < 4.78 is 18.0. The highest BCUT2D eigenvalue weighted by molar-refractivity contribution is 6.74. The Balaban J connectivity index is 2.55. The van der Waals surface area contributed by atoms with Crippen LogP contribution in [0.1, 0.15) is 52.5 Å². The van der Waals surface area contributed by atoms with Gasteiger partial charge in [-0.05, 0) is 37.0 Å². The van der Waals surface area contributed by atoms with Gasteiger partial charge in [0.1, 0.15) is 6.10 Å². The van der Waals surface area contributed by atoms with Crippen molar-refractivity contribution in [3.63, 3.8) is 0 Å². The van der Waals surface area contributed by atoms with Gasteiger partial charge in [0.05, 0.1) is 25.2 Å². The van der Waals surface area contributed by atoms with Gasteiger partial charge in [0.25, 0.3) is 0 Å². The molecule has 5 heteroatoms. The standard InChI is InChI=1S/C25H40O4Si/c1-9-14-23(27-19-21-15-12-11-13-16-21)17-20(3)28-24(26)18-22(10-2)29-30(7,8)25(4,5)6/h9-13,15-16,20,22-23H,1-2,14,17-19H2,3-8H3/t20-,22?,23-/m1/s1. The summed E-state index contributed by atoms with van der Waals surface area (Å²) in [5, 5.41) is 0.0689. The van der Waals surface area contributed by atoms with E-state index < -0.39 is 8.32 Å². The van der Waals surface area contributed by atoms with Gasteiger partial charge in [-0.3, -0.25) is 4.79 Å². The molecule has 168 valence electrons. The molecular weight excluding hydrogens is 392 g/mol. The van der Waals surface area contributed by atoms with Gasteiger partial charge in [-0.15, -0.1) is 13.2 Å². The van der Waals surface area contributed by atoms with E-state index in [9.17, 15) is 4.79 Å². The number of hydrogen-bond acceptors (Lipinski definition) is 4. The van der Waals surface area contributed by atoms with E-state index in [-0.39, 0.29) is 35.7 Å². The number of hydrogen-bond donors (Lipinski definition) is 0. The normalized spacial score (nSPS) is 15.1. The Morgan fingerprint density at radius 2 is 1.80 bits per heavy atom. The van der Waals surface area contributed by atoms with Crippen LogP contribution in [0.3, 0.4) is 0 Å². The number of carbonyl (C=O) groups excluding carboxylic acids is 1. The van der Waals surface area contributed by atoms with Gasteiger partial charge in [0.2, 0.25) is 0 Å². The highest BCUT2D eigenvalue weighted by atomic mass is 28.4. The van der Waals surface area contributed by atoms with Gasteiger partial charge < -0.3 is 13.9 Å². The number of carbonyl (C=O) groups is 1. The van der Waals surface area contributed by atoms with Gasteiger partial charge in [-0.2, -0.15) is 0 Å². The van der Waals surface area contributed by atoms with Crippen molar-refractivity contribution < 1.29 is 18.7 Å². The van der Waals surface area contributed by atoms with E-state index in [2.05, 4.69) is 47.0 Å².